The molecule has 0 aliphatic carbocycles. The Hall–Kier alpha value is -3.34. The number of thiophene rings is 1. The van der Waals surface area contributed by atoms with Gasteiger partial charge in [-0.25, -0.2) is 0 Å². The van der Waals surface area contributed by atoms with Crippen molar-refractivity contribution in [1.82, 2.24) is 19.3 Å². The van der Waals surface area contributed by atoms with Crippen molar-refractivity contribution in [2.45, 2.75) is 24.8 Å². The molecule has 0 aliphatic rings. The van der Waals surface area contributed by atoms with Gasteiger partial charge in [-0.2, -0.15) is 5.26 Å². The van der Waals surface area contributed by atoms with E-state index in [1.165, 1.54) is 15.8 Å². The van der Waals surface area contributed by atoms with Gasteiger partial charge in [0, 0.05) is 12.8 Å². The standard InChI is InChI=1S/C25H21N5S2/c1-16-8-9-17(2)21(12-16)30-24(22-13-23-20(29(22)3)10-11-31-23)27-28-25(30)32-15-19-7-5-4-6-18(19)14-26/h4-13H,15H2,1-3H3. The molecule has 0 N–H and O–H groups in total. The molecule has 32 heavy (non-hydrogen) atoms. The summed E-state index contributed by atoms with van der Waals surface area (Å²) in [6.07, 6.45) is 0. The van der Waals surface area contributed by atoms with Crippen LogP contribution in [0.4, 0.5) is 0 Å². The summed E-state index contributed by atoms with van der Waals surface area (Å²) in [5.74, 6) is 1.47. The molecule has 3 aromatic heterocycles. The average molecular weight is 456 g/mol. The molecule has 0 radical (unpaired) electrons. The summed E-state index contributed by atoms with van der Waals surface area (Å²) >= 11 is 3.33. The summed E-state index contributed by atoms with van der Waals surface area (Å²) in [6.45, 7) is 4.21. The zero-order chi connectivity index (χ0) is 22.2. The average Bonchev–Trinajstić information content (AvgIpc) is 3.50. The van der Waals surface area contributed by atoms with E-state index in [0.717, 1.165) is 33.5 Å². The molecular formula is C25H21N5S2. The number of nitriles is 1. The van der Waals surface area contributed by atoms with Crippen LogP contribution in [-0.2, 0) is 12.8 Å². The Morgan fingerprint density at radius 3 is 2.72 bits per heavy atom. The van der Waals surface area contributed by atoms with Gasteiger partial charge in [0.1, 0.15) is 0 Å². The van der Waals surface area contributed by atoms with Crippen LogP contribution in [0.25, 0.3) is 27.4 Å². The van der Waals surface area contributed by atoms with Crippen molar-refractivity contribution in [1.29, 1.82) is 5.26 Å². The maximum absolute atomic E-state index is 9.45. The van der Waals surface area contributed by atoms with Gasteiger partial charge in [0.2, 0.25) is 0 Å². The first kappa shape index (κ1) is 20.6. The third-order valence-corrected chi connectivity index (χ3v) is 7.46. The van der Waals surface area contributed by atoms with Crippen LogP contribution in [0.1, 0.15) is 22.3 Å². The van der Waals surface area contributed by atoms with E-state index in [2.05, 4.69) is 82.0 Å². The molecule has 0 spiro atoms. The molecule has 0 aliphatic heterocycles. The van der Waals surface area contributed by atoms with Gasteiger partial charge < -0.3 is 4.57 Å². The monoisotopic (exact) mass is 455 g/mol. The van der Waals surface area contributed by atoms with Gasteiger partial charge in [-0.3, -0.25) is 4.57 Å². The lowest BCUT2D eigenvalue weighted by molar-refractivity contribution is 0.872. The van der Waals surface area contributed by atoms with E-state index in [1.54, 1.807) is 23.1 Å². The Bertz CT molecular complexity index is 1480. The number of hydrogen-bond donors (Lipinski definition) is 0. The molecule has 7 heteroatoms. The minimum Gasteiger partial charge on any atom is -0.340 e. The number of aryl methyl sites for hydroxylation is 3. The molecule has 0 unspecified atom stereocenters. The van der Waals surface area contributed by atoms with Crippen molar-refractivity contribution in [3.63, 3.8) is 0 Å². The quantitative estimate of drug-likeness (QED) is 0.293. The molecule has 0 saturated carbocycles. The van der Waals surface area contributed by atoms with Gasteiger partial charge in [-0.05, 0) is 60.2 Å². The first-order valence-corrected chi connectivity index (χ1v) is 12.1. The van der Waals surface area contributed by atoms with Crippen molar-refractivity contribution < 1.29 is 0 Å². The second-order valence-electron chi connectivity index (χ2n) is 7.75. The van der Waals surface area contributed by atoms with E-state index in [4.69, 9.17) is 0 Å². The van der Waals surface area contributed by atoms with E-state index >= 15 is 0 Å². The van der Waals surface area contributed by atoms with E-state index in [1.807, 2.05) is 24.3 Å². The van der Waals surface area contributed by atoms with Crippen LogP contribution >= 0.6 is 23.1 Å². The molecule has 0 amide bonds. The number of rotatable bonds is 5. The lowest BCUT2D eigenvalue weighted by Crippen LogP contribution is -2.04. The highest BCUT2D eigenvalue weighted by atomic mass is 32.2. The van der Waals surface area contributed by atoms with Crippen LogP contribution in [-0.4, -0.2) is 19.3 Å². The second kappa shape index (κ2) is 8.30. The van der Waals surface area contributed by atoms with Crippen LogP contribution < -0.4 is 0 Å². The zero-order valence-corrected chi connectivity index (χ0v) is 19.7. The van der Waals surface area contributed by atoms with Gasteiger partial charge >= 0.3 is 0 Å². The Balaban J connectivity index is 1.64. The number of benzene rings is 2. The fraction of sp³-hybridized carbons (Fsp3) is 0.160. The minimum atomic E-state index is 0.648. The van der Waals surface area contributed by atoms with Gasteiger partial charge in [0.25, 0.3) is 0 Å². The van der Waals surface area contributed by atoms with Crippen LogP contribution in [0.3, 0.4) is 0 Å². The fourth-order valence-electron chi connectivity index (χ4n) is 3.87. The first-order valence-electron chi connectivity index (χ1n) is 10.2. The van der Waals surface area contributed by atoms with Gasteiger partial charge in [0.15, 0.2) is 11.0 Å². The predicted octanol–water partition coefficient (Wildman–Crippen LogP) is 6.27. The molecule has 0 saturated heterocycles. The van der Waals surface area contributed by atoms with Crippen LogP contribution in [0.5, 0.6) is 0 Å². The summed E-state index contributed by atoms with van der Waals surface area (Å²) < 4.78 is 5.56. The molecule has 3 heterocycles. The summed E-state index contributed by atoms with van der Waals surface area (Å²) in [6, 6.07) is 20.8. The van der Waals surface area contributed by atoms with E-state index in [-0.39, 0.29) is 0 Å². The normalized spacial score (nSPS) is 11.2. The summed E-state index contributed by atoms with van der Waals surface area (Å²) in [4.78, 5) is 0. The largest absolute Gasteiger partial charge is 0.340 e. The maximum Gasteiger partial charge on any atom is 0.196 e. The van der Waals surface area contributed by atoms with Crippen molar-refractivity contribution >= 4 is 33.3 Å². The Morgan fingerprint density at radius 2 is 1.91 bits per heavy atom. The van der Waals surface area contributed by atoms with E-state index < -0.39 is 0 Å². The smallest absolute Gasteiger partial charge is 0.196 e. The van der Waals surface area contributed by atoms with Crippen molar-refractivity contribution in [3.8, 4) is 23.3 Å². The minimum absolute atomic E-state index is 0.648. The number of nitrogens with zero attached hydrogens (tertiary/aromatic N) is 5. The molecule has 158 valence electrons. The molecule has 0 atom stereocenters. The molecule has 0 bridgehead atoms. The van der Waals surface area contributed by atoms with Gasteiger partial charge in [-0.15, -0.1) is 21.5 Å². The SMILES string of the molecule is Cc1ccc(C)c(-n2c(SCc3ccccc3C#N)nnc2-c2cc3sccc3n2C)c1. The summed E-state index contributed by atoms with van der Waals surface area (Å²) in [5, 5.41) is 21.6. The zero-order valence-electron chi connectivity index (χ0n) is 18.0. The van der Waals surface area contributed by atoms with Gasteiger partial charge in [0.05, 0.1) is 33.2 Å². The number of hydrogen-bond acceptors (Lipinski definition) is 5. The molecular weight excluding hydrogens is 434 g/mol. The van der Waals surface area contributed by atoms with Crippen LogP contribution in [0.15, 0.2) is 65.1 Å². The summed E-state index contributed by atoms with van der Waals surface area (Å²) in [7, 11) is 2.07. The van der Waals surface area contributed by atoms with Gasteiger partial charge in [-0.1, -0.05) is 42.1 Å². The Labute approximate surface area is 195 Å². The first-order chi connectivity index (χ1) is 15.6. The highest BCUT2D eigenvalue weighted by molar-refractivity contribution is 7.98. The van der Waals surface area contributed by atoms with Crippen LogP contribution in [0.2, 0.25) is 0 Å². The van der Waals surface area contributed by atoms with E-state index in [9.17, 15) is 5.26 Å². The molecule has 5 nitrogen and oxygen atoms in total. The lowest BCUT2D eigenvalue weighted by Gasteiger charge is -2.14. The predicted molar refractivity (Wildman–Crippen MR) is 131 cm³/mol. The number of thioether (sulfide) groups is 1. The van der Waals surface area contributed by atoms with Crippen LogP contribution in [0, 0.1) is 25.2 Å². The van der Waals surface area contributed by atoms with Crippen molar-refractivity contribution in [3.05, 3.63) is 82.2 Å². The fourth-order valence-corrected chi connectivity index (χ4v) is 5.67. The van der Waals surface area contributed by atoms with E-state index in [0.29, 0.717) is 11.3 Å². The Kier molecular flexibility index (Phi) is 5.33. The number of fused-ring (bicyclic) bond motifs is 1. The topological polar surface area (TPSA) is 59.4 Å². The maximum atomic E-state index is 9.45. The Morgan fingerprint density at radius 1 is 1.06 bits per heavy atom. The molecule has 5 rings (SSSR count). The van der Waals surface area contributed by atoms with Crippen molar-refractivity contribution in [2.75, 3.05) is 0 Å². The summed E-state index contributed by atoms with van der Waals surface area (Å²) in [5.41, 5.74) is 7.33. The third-order valence-electron chi connectivity index (χ3n) is 5.63. The third kappa shape index (κ3) is 3.52. The molecule has 5 aromatic rings. The number of aromatic nitrogens is 4. The molecule has 2 aromatic carbocycles. The second-order valence-corrected chi connectivity index (χ2v) is 9.64. The lowest BCUT2D eigenvalue weighted by atomic mass is 10.1. The molecule has 0 fully saturated rings. The van der Waals surface area contributed by atoms with Crippen molar-refractivity contribution in [2.24, 2.45) is 7.05 Å². The highest BCUT2D eigenvalue weighted by Gasteiger charge is 2.21. The highest BCUT2D eigenvalue weighted by Crippen LogP contribution is 2.35.